The predicted octanol–water partition coefficient (Wildman–Crippen LogP) is 3.58. The number of H-pyrrole nitrogens is 1. The van der Waals surface area contributed by atoms with Crippen LogP contribution in [0.5, 0.6) is 0 Å². The molecule has 0 amide bonds. The number of hydrogen-bond donors (Lipinski definition) is 2. The summed E-state index contributed by atoms with van der Waals surface area (Å²) in [5.74, 6) is -0.291. The molecule has 5 heteroatoms. The Balaban J connectivity index is 2.14. The Hall–Kier alpha value is -2.33. The number of nitrogens with zero attached hydrogens (tertiary/aromatic N) is 1. The molecule has 0 aliphatic rings. The second kappa shape index (κ2) is 4.40. The topological polar surface area (TPSA) is 66.0 Å². The number of carbonyl (C=O) groups is 1. The number of rotatable bonds is 2. The lowest BCUT2D eigenvalue weighted by Crippen LogP contribution is -1.94. The maximum atomic E-state index is 10.9. The van der Waals surface area contributed by atoms with Crippen molar-refractivity contribution in [1.82, 2.24) is 9.97 Å². The van der Waals surface area contributed by atoms with Crippen LogP contribution in [0.1, 0.15) is 10.4 Å². The largest absolute Gasteiger partial charge is 0.478 e. The number of fused-ring (bicyclic) bond motifs is 1. The highest BCUT2D eigenvalue weighted by Crippen LogP contribution is 2.23. The summed E-state index contributed by atoms with van der Waals surface area (Å²) in [4.78, 5) is 18.4. The summed E-state index contributed by atoms with van der Waals surface area (Å²) in [6.45, 7) is 0. The quantitative estimate of drug-likeness (QED) is 0.749. The smallest absolute Gasteiger partial charge is 0.335 e. The van der Waals surface area contributed by atoms with Crippen molar-refractivity contribution in [3.8, 4) is 11.4 Å². The van der Waals surface area contributed by atoms with Crippen LogP contribution in [0.2, 0.25) is 5.02 Å². The van der Waals surface area contributed by atoms with Gasteiger partial charge in [-0.1, -0.05) is 23.7 Å². The first-order valence-electron chi connectivity index (χ1n) is 5.62. The maximum absolute atomic E-state index is 10.9. The number of halogens is 1. The molecule has 0 aliphatic carbocycles. The molecule has 0 atom stereocenters. The zero-order chi connectivity index (χ0) is 13.4. The summed E-state index contributed by atoms with van der Waals surface area (Å²) in [7, 11) is 0. The minimum absolute atomic E-state index is 0.230. The highest BCUT2D eigenvalue weighted by atomic mass is 35.5. The van der Waals surface area contributed by atoms with Crippen molar-refractivity contribution in [3.63, 3.8) is 0 Å². The van der Waals surface area contributed by atoms with E-state index in [-0.39, 0.29) is 5.56 Å². The maximum Gasteiger partial charge on any atom is 0.335 e. The number of carboxylic acids is 1. The number of benzene rings is 2. The highest BCUT2D eigenvalue weighted by molar-refractivity contribution is 6.30. The monoisotopic (exact) mass is 272 g/mol. The Bertz CT molecular complexity index is 780. The van der Waals surface area contributed by atoms with Gasteiger partial charge in [-0.3, -0.25) is 0 Å². The third-order valence-corrected chi connectivity index (χ3v) is 3.06. The van der Waals surface area contributed by atoms with E-state index in [1.165, 1.54) is 6.07 Å². The first-order valence-corrected chi connectivity index (χ1v) is 6.00. The van der Waals surface area contributed by atoms with Crippen LogP contribution in [0.3, 0.4) is 0 Å². The molecule has 4 nitrogen and oxygen atoms in total. The van der Waals surface area contributed by atoms with Gasteiger partial charge in [-0.15, -0.1) is 0 Å². The fourth-order valence-corrected chi connectivity index (χ4v) is 2.11. The number of nitrogens with one attached hydrogen (secondary N) is 1. The van der Waals surface area contributed by atoms with E-state index in [0.29, 0.717) is 16.4 Å². The minimum atomic E-state index is -0.958. The van der Waals surface area contributed by atoms with Gasteiger partial charge in [-0.25, -0.2) is 9.78 Å². The van der Waals surface area contributed by atoms with E-state index in [1.54, 1.807) is 24.3 Å². The molecular formula is C14H9ClN2O2. The Labute approximate surface area is 113 Å². The van der Waals surface area contributed by atoms with Crippen LogP contribution in [-0.4, -0.2) is 21.0 Å². The molecule has 3 rings (SSSR count). The number of aromatic carboxylic acids is 1. The van der Waals surface area contributed by atoms with Crippen molar-refractivity contribution < 1.29 is 9.90 Å². The molecular weight excluding hydrogens is 264 g/mol. The molecule has 1 heterocycles. The third kappa shape index (κ3) is 2.18. The molecule has 2 N–H and O–H groups in total. The molecule has 19 heavy (non-hydrogen) atoms. The van der Waals surface area contributed by atoms with Crippen molar-refractivity contribution in [2.75, 3.05) is 0 Å². The van der Waals surface area contributed by atoms with Gasteiger partial charge in [0, 0.05) is 10.6 Å². The van der Waals surface area contributed by atoms with Crippen LogP contribution < -0.4 is 0 Å². The Morgan fingerprint density at radius 3 is 2.79 bits per heavy atom. The lowest BCUT2D eigenvalue weighted by Gasteiger charge is -1.96. The fourth-order valence-electron chi connectivity index (χ4n) is 1.92. The Morgan fingerprint density at radius 2 is 2.05 bits per heavy atom. The standard InChI is InChI=1S/C14H9ClN2O2/c15-10-3-1-2-8(6-10)13-16-11-5-4-9(14(18)19)7-12(11)17-13/h1-7H,(H,16,17)(H,18,19). The van der Waals surface area contributed by atoms with Crippen molar-refractivity contribution in [1.29, 1.82) is 0 Å². The van der Waals surface area contributed by atoms with Gasteiger partial charge < -0.3 is 10.1 Å². The van der Waals surface area contributed by atoms with Crippen molar-refractivity contribution in [2.24, 2.45) is 0 Å². The number of aromatic nitrogens is 2. The molecule has 94 valence electrons. The van der Waals surface area contributed by atoms with Gasteiger partial charge in [-0.2, -0.15) is 0 Å². The summed E-state index contributed by atoms with van der Waals surface area (Å²) in [6, 6.07) is 12.1. The molecule has 0 aliphatic heterocycles. The van der Waals surface area contributed by atoms with E-state index in [9.17, 15) is 4.79 Å². The second-order valence-electron chi connectivity index (χ2n) is 4.13. The van der Waals surface area contributed by atoms with E-state index in [2.05, 4.69) is 9.97 Å². The molecule has 0 saturated carbocycles. The second-order valence-corrected chi connectivity index (χ2v) is 4.57. The average Bonchev–Trinajstić information content (AvgIpc) is 2.81. The molecule has 3 aromatic rings. The average molecular weight is 273 g/mol. The summed E-state index contributed by atoms with van der Waals surface area (Å²) >= 11 is 5.94. The number of hydrogen-bond acceptors (Lipinski definition) is 2. The first kappa shape index (κ1) is 11.7. The molecule has 0 fully saturated rings. The van der Waals surface area contributed by atoms with Gasteiger partial charge in [-0.05, 0) is 30.3 Å². The summed E-state index contributed by atoms with van der Waals surface area (Å²) in [5.41, 5.74) is 2.50. The number of aromatic amines is 1. The van der Waals surface area contributed by atoms with E-state index in [1.807, 2.05) is 12.1 Å². The van der Waals surface area contributed by atoms with Crippen molar-refractivity contribution >= 4 is 28.6 Å². The third-order valence-electron chi connectivity index (χ3n) is 2.83. The summed E-state index contributed by atoms with van der Waals surface area (Å²) < 4.78 is 0. The minimum Gasteiger partial charge on any atom is -0.478 e. The molecule has 0 unspecified atom stereocenters. The SMILES string of the molecule is O=C(O)c1ccc2nc(-c3cccc(Cl)c3)[nH]c2c1. The molecule has 0 saturated heterocycles. The van der Waals surface area contributed by atoms with Gasteiger partial charge >= 0.3 is 5.97 Å². The summed E-state index contributed by atoms with van der Waals surface area (Å²) in [6.07, 6.45) is 0. The van der Waals surface area contributed by atoms with Gasteiger partial charge in [0.05, 0.1) is 16.6 Å². The van der Waals surface area contributed by atoms with E-state index in [0.717, 1.165) is 11.1 Å². The predicted molar refractivity (Wildman–Crippen MR) is 73.5 cm³/mol. The number of carboxylic acid groups (broad SMARTS) is 1. The molecule has 2 aromatic carbocycles. The van der Waals surface area contributed by atoms with Gasteiger partial charge in [0.25, 0.3) is 0 Å². The van der Waals surface area contributed by atoms with Crippen molar-refractivity contribution in [3.05, 3.63) is 53.1 Å². The fraction of sp³-hybridized carbons (Fsp3) is 0. The van der Waals surface area contributed by atoms with Crippen LogP contribution in [-0.2, 0) is 0 Å². The molecule has 0 spiro atoms. The van der Waals surface area contributed by atoms with Gasteiger partial charge in [0.15, 0.2) is 0 Å². The summed E-state index contributed by atoms with van der Waals surface area (Å²) in [5, 5.41) is 9.58. The molecule has 0 radical (unpaired) electrons. The van der Waals surface area contributed by atoms with Crippen LogP contribution in [0.4, 0.5) is 0 Å². The molecule has 1 aromatic heterocycles. The zero-order valence-electron chi connectivity index (χ0n) is 9.72. The first-order chi connectivity index (χ1) is 9.13. The zero-order valence-corrected chi connectivity index (χ0v) is 10.5. The van der Waals surface area contributed by atoms with E-state index >= 15 is 0 Å². The van der Waals surface area contributed by atoms with Crippen LogP contribution in [0, 0.1) is 0 Å². The van der Waals surface area contributed by atoms with Crippen LogP contribution in [0.25, 0.3) is 22.4 Å². The Kier molecular flexibility index (Phi) is 2.72. The normalized spacial score (nSPS) is 10.8. The van der Waals surface area contributed by atoms with E-state index < -0.39 is 5.97 Å². The highest BCUT2D eigenvalue weighted by Gasteiger charge is 2.08. The van der Waals surface area contributed by atoms with Gasteiger partial charge in [0.2, 0.25) is 0 Å². The van der Waals surface area contributed by atoms with Crippen LogP contribution in [0.15, 0.2) is 42.5 Å². The lowest BCUT2D eigenvalue weighted by atomic mass is 10.2. The Morgan fingerprint density at radius 1 is 1.21 bits per heavy atom. The lowest BCUT2D eigenvalue weighted by molar-refractivity contribution is 0.0697. The van der Waals surface area contributed by atoms with Crippen LogP contribution >= 0.6 is 11.6 Å². The van der Waals surface area contributed by atoms with E-state index in [4.69, 9.17) is 16.7 Å². The van der Waals surface area contributed by atoms with Gasteiger partial charge in [0.1, 0.15) is 5.82 Å². The van der Waals surface area contributed by atoms with Crippen molar-refractivity contribution in [2.45, 2.75) is 0 Å². The number of imidazole rings is 1. The molecule has 0 bridgehead atoms.